The Morgan fingerprint density at radius 3 is 2.75 bits per heavy atom. The number of ether oxygens (including phenoxy) is 1. The number of rotatable bonds is 3. The van der Waals surface area contributed by atoms with Crippen molar-refractivity contribution in [1.82, 2.24) is 9.62 Å². The smallest absolute Gasteiger partial charge is 0.247 e. The number of hydrogen-bond donors (Lipinski definition) is 1. The largest absolute Gasteiger partial charge is 0.495 e. The van der Waals surface area contributed by atoms with E-state index in [1.165, 1.54) is 11.4 Å². The zero-order valence-electron chi connectivity index (χ0n) is 11.3. The molecule has 0 saturated carbocycles. The highest BCUT2D eigenvalue weighted by atomic mass is 79.9. The van der Waals surface area contributed by atoms with Crippen molar-refractivity contribution in [2.75, 3.05) is 26.7 Å². The molecule has 1 N–H and O–H groups in total. The Hall–Kier alpha value is -0.340. The molecule has 0 bridgehead atoms. The molecule has 1 aromatic rings. The molecule has 0 spiro atoms. The van der Waals surface area contributed by atoms with Crippen molar-refractivity contribution in [3.63, 3.8) is 0 Å². The van der Waals surface area contributed by atoms with Gasteiger partial charge in [0.25, 0.3) is 0 Å². The summed E-state index contributed by atoms with van der Waals surface area (Å²) >= 11 is 3.31. The van der Waals surface area contributed by atoms with Gasteiger partial charge in [0.15, 0.2) is 0 Å². The molecular weight excluding hydrogens is 368 g/mol. The third-order valence-corrected chi connectivity index (χ3v) is 5.68. The van der Waals surface area contributed by atoms with Crippen LogP contribution in [0.1, 0.15) is 6.92 Å². The lowest BCUT2D eigenvalue weighted by Crippen LogP contribution is -2.52. The van der Waals surface area contributed by atoms with Gasteiger partial charge in [0, 0.05) is 30.1 Å². The van der Waals surface area contributed by atoms with E-state index in [-0.39, 0.29) is 23.3 Å². The summed E-state index contributed by atoms with van der Waals surface area (Å²) in [5.74, 6) is 0.369. The standard InChI is InChI=1S/C12H17BrN2O3S.ClH/c1-9-8-14-5-6-15(9)19(16,17)12-7-10(13)3-4-11(12)18-2;/h3-4,7,9,14H,5-6,8H2,1-2H3;1H/t9-;/m1./s1. The van der Waals surface area contributed by atoms with E-state index >= 15 is 0 Å². The number of nitrogens with one attached hydrogen (secondary N) is 1. The van der Waals surface area contributed by atoms with Gasteiger partial charge in [-0.3, -0.25) is 0 Å². The van der Waals surface area contributed by atoms with Gasteiger partial charge >= 0.3 is 0 Å². The summed E-state index contributed by atoms with van der Waals surface area (Å²) in [5.41, 5.74) is 0. The van der Waals surface area contributed by atoms with Crippen LogP contribution in [0.5, 0.6) is 5.75 Å². The molecule has 2 rings (SSSR count). The third-order valence-electron chi connectivity index (χ3n) is 3.15. The molecular formula is C12H18BrClN2O3S. The second-order valence-electron chi connectivity index (χ2n) is 4.46. The van der Waals surface area contributed by atoms with Gasteiger partial charge in [-0.15, -0.1) is 12.4 Å². The Morgan fingerprint density at radius 1 is 1.45 bits per heavy atom. The van der Waals surface area contributed by atoms with E-state index in [1.54, 1.807) is 18.2 Å². The van der Waals surface area contributed by atoms with Crippen LogP contribution >= 0.6 is 28.3 Å². The maximum absolute atomic E-state index is 12.7. The Bertz CT molecular complexity index is 568. The molecule has 20 heavy (non-hydrogen) atoms. The molecule has 1 aromatic carbocycles. The van der Waals surface area contributed by atoms with Crippen molar-refractivity contribution in [2.45, 2.75) is 17.9 Å². The van der Waals surface area contributed by atoms with Crippen LogP contribution in [0.4, 0.5) is 0 Å². The predicted molar refractivity (Wildman–Crippen MR) is 84.2 cm³/mol. The molecule has 1 heterocycles. The molecule has 1 saturated heterocycles. The van der Waals surface area contributed by atoms with Crippen LogP contribution in [-0.4, -0.2) is 45.5 Å². The Kier molecular flexibility index (Phi) is 6.27. The average molecular weight is 386 g/mol. The molecule has 114 valence electrons. The molecule has 5 nitrogen and oxygen atoms in total. The minimum absolute atomic E-state index is 0. The monoisotopic (exact) mass is 384 g/mol. The van der Waals surface area contributed by atoms with Crippen LogP contribution in [0.15, 0.2) is 27.6 Å². The van der Waals surface area contributed by atoms with Crippen LogP contribution in [0, 0.1) is 0 Å². The molecule has 0 aliphatic carbocycles. The predicted octanol–water partition coefficient (Wildman–Crippen LogP) is 1.86. The second kappa shape index (κ2) is 7.09. The average Bonchev–Trinajstić information content (AvgIpc) is 2.39. The normalized spacial score (nSPS) is 20.2. The molecule has 0 unspecified atom stereocenters. The van der Waals surface area contributed by atoms with E-state index in [4.69, 9.17) is 4.74 Å². The SMILES string of the molecule is COc1ccc(Br)cc1S(=O)(=O)N1CCNC[C@H]1C.Cl. The minimum atomic E-state index is -3.54. The van der Waals surface area contributed by atoms with Crippen molar-refractivity contribution in [1.29, 1.82) is 0 Å². The summed E-state index contributed by atoms with van der Waals surface area (Å²) in [6.07, 6.45) is 0. The van der Waals surface area contributed by atoms with Crippen molar-refractivity contribution < 1.29 is 13.2 Å². The second-order valence-corrected chi connectivity index (χ2v) is 7.24. The van der Waals surface area contributed by atoms with Gasteiger partial charge in [0.05, 0.1) is 7.11 Å². The Balaban J connectivity index is 0.00000200. The van der Waals surface area contributed by atoms with Crippen LogP contribution < -0.4 is 10.1 Å². The van der Waals surface area contributed by atoms with E-state index in [0.717, 1.165) is 4.47 Å². The molecule has 1 atom stereocenters. The molecule has 0 radical (unpaired) electrons. The van der Waals surface area contributed by atoms with Crippen molar-refractivity contribution in [3.8, 4) is 5.75 Å². The fraction of sp³-hybridized carbons (Fsp3) is 0.500. The van der Waals surface area contributed by atoms with Gasteiger partial charge < -0.3 is 10.1 Å². The number of halogens is 2. The molecule has 8 heteroatoms. The molecule has 1 aliphatic heterocycles. The molecule has 1 fully saturated rings. The Labute approximate surface area is 134 Å². The van der Waals surface area contributed by atoms with Gasteiger partial charge in [-0.25, -0.2) is 8.42 Å². The van der Waals surface area contributed by atoms with Gasteiger partial charge in [0.2, 0.25) is 10.0 Å². The topological polar surface area (TPSA) is 58.6 Å². The lowest BCUT2D eigenvalue weighted by Gasteiger charge is -2.33. The molecule has 0 amide bonds. The van der Waals surface area contributed by atoms with E-state index < -0.39 is 10.0 Å². The number of benzene rings is 1. The quantitative estimate of drug-likeness (QED) is 0.863. The zero-order valence-corrected chi connectivity index (χ0v) is 14.5. The van der Waals surface area contributed by atoms with Crippen molar-refractivity contribution in [3.05, 3.63) is 22.7 Å². The van der Waals surface area contributed by atoms with E-state index in [1.807, 2.05) is 6.92 Å². The van der Waals surface area contributed by atoms with E-state index in [9.17, 15) is 8.42 Å². The summed E-state index contributed by atoms with van der Waals surface area (Å²) < 4.78 is 32.9. The first kappa shape index (κ1) is 17.7. The summed E-state index contributed by atoms with van der Waals surface area (Å²) in [7, 11) is -2.06. The summed E-state index contributed by atoms with van der Waals surface area (Å²) in [6, 6.07) is 4.94. The minimum Gasteiger partial charge on any atom is -0.495 e. The number of methoxy groups -OCH3 is 1. The lowest BCUT2D eigenvalue weighted by atomic mass is 10.3. The van der Waals surface area contributed by atoms with E-state index in [2.05, 4.69) is 21.2 Å². The number of nitrogens with zero attached hydrogens (tertiary/aromatic N) is 1. The first-order chi connectivity index (χ1) is 8.96. The highest BCUT2D eigenvalue weighted by molar-refractivity contribution is 9.10. The molecule has 0 aromatic heterocycles. The van der Waals surface area contributed by atoms with Crippen molar-refractivity contribution >= 4 is 38.4 Å². The third kappa shape index (κ3) is 3.46. The van der Waals surface area contributed by atoms with Crippen LogP contribution in [0.2, 0.25) is 0 Å². The fourth-order valence-electron chi connectivity index (χ4n) is 2.16. The first-order valence-electron chi connectivity index (χ1n) is 6.03. The Morgan fingerprint density at radius 2 is 2.15 bits per heavy atom. The first-order valence-corrected chi connectivity index (χ1v) is 8.26. The summed E-state index contributed by atoms with van der Waals surface area (Å²) in [5, 5.41) is 3.18. The van der Waals surface area contributed by atoms with Crippen molar-refractivity contribution in [2.24, 2.45) is 0 Å². The van der Waals surface area contributed by atoms with E-state index in [0.29, 0.717) is 25.4 Å². The number of hydrogen-bond acceptors (Lipinski definition) is 4. The highest BCUT2D eigenvalue weighted by Crippen LogP contribution is 2.30. The van der Waals surface area contributed by atoms with Crippen LogP contribution in [0.25, 0.3) is 0 Å². The molecule has 1 aliphatic rings. The summed E-state index contributed by atoms with van der Waals surface area (Å²) in [4.78, 5) is 0.207. The maximum atomic E-state index is 12.7. The van der Waals surface area contributed by atoms with Crippen LogP contribution in [-0.2, 0) is 10.0 Å². The van der Waals surface area contributed by atoms with Gasteiger partial charge in [0.1, 0.15) is 10.6 Å². The van der Waals surface area contributed by atoms with Gasteiger partial charge in [-0.1, -0.05) is 15.9 Å². The zero-order chi connectivity index (χ0) is 14.0. The lowest BCUT2D eigenvalue weighted by molar-refractivity contribution is 0.282. The van der Waals surface area contributed by atoms with Gasteiger partial charge in [-0.05, 0) is 25.1 Å². The summed E-state index contributed by atoms with van der Waals surface area (Å²) in [6.45, 7) is 3.70. The maximum Gasteiger partial charge on any atom is 0.247 e. The number of piperazine rings is 1. The van der Waals surface area contributed by atoms with Gasteiger partial charge in [-0.2, -0.15) is 4.31 Å². The fourth-order valence-corrected chi connectivity index (χ4v) is 4.48. The number of sulfonamides is 1. The van der Waals surface area contributed by atoms with Crippen LogP contribution in [0.3, 0.4) is 0 Å². The highest BCUT2D eigenvalue weighted by Gasteiger charge is 2.33.